The van der Waals surface area contributed by atoms with Crippen molar-refractivity contribution in [3.05, 3.63) is 23.9 Å². The first-order chi connectivity index (χ1) is 7.13. The second kappa shape index (κ2) is 4.94. The molecule has 0 radical (unpaired) electrons. The van der Waals surface area contributed by atoms with Gasteiger partial charge in [-0.15, -0.1) is 0 Å². The molecule has 0 bridgehead atoms. The van der Waals surface area contributed by atoms with Gasteiger partial charge in [0.05, 0.1) is 0 Å². The van der Waals surface area contributed by atoms with Crippen molar-refractivity contribution < 1.29 is 14.7 Å². The predicted molar refractivity (Wildman–Crippen MR) is 53.9 cm³/mol. The zero-order valence-electron chi connectivity index (χ0n) is 8.15. The van der Waals surface area contributed by atoms with Gasteiger partial charge < -0.3 is 10.4 Å². The number of carboxylic acid groups (broad SMARTS) is 1. The van der Waals surface area contributed by atoms with Crippen LogP contribution in [-0.4, -0.2) is 28.6 Å². The van der Waals surface area contributed by atoms with Crippen LogP contribution in [0.4, 0.5) is 10.6 Å². The van der Waals surface area contributed by atoms with E-state index in [0.717, 1.165) is 0 Å². The van der Waals surface area contributed by atoms with E-state index >= 15 is 0 Å². The summed E-state index contributed by atoms with van der Waals surface area (Å²) in [7, 11) is 0. The first kappa shape index (κ1) is 11.0. The number of urea groups is 1. The second-order valence-corrected chi connectivity index (χ2v) is 2.70. The average Bonchev–Trinajstić information content (AvgIpc) is 2.18. The number of hydrogen-bond acceptors (Lipinski definition) is 3. The van der Waals surface area contributed by atoms with Crippen LogP contribution in [0.25, 0.3) is 0 Å². The molecule has 0 aliphatic heterocycles. The van der Waals surface area contributed by atoms with Crippen molar-refractivity contribution in [2.24, 2.45) is 0 Å². The van der Waals surface area contributed by atoms with E-state index in [-0.39, 0.29) is 11.5 Å². The van der Waals surface area contributed by atoms with Crippen LogP contribution in [0, 0.1) is 0 Å². The third-order valence-corrected chi connectivity index (χ3v) is 1.55. The number of nitrogens with zero attached hydrogens (tertiary/aromatic N) is 1. The summed E-state index contributed by atoms with van der Waals surface area (Å²) in [6.07, 6.45) is 0. The van der Waals surface area contributed by atoms with E-state index in [0.29, 0.717) is 6.54 Å². The van der Waals surface area contributed by atoms with Crippen LogP contribution in [0.3, 0.4) is 0 Å². The first-order valence-electron chi connectivity index (χ1n) is 4.38. The Balaban J connectivity index is 2.73. The monoisotopic (exact) mass is 209 g/mol. The molecule has 0 aromatic carbocycles. The lowest BCUT2D eigenvalue weighted by Crippen LogP contribution is -2.28. The van der Waals surface area contributed by atoms with Gasteiger partial charge in [-0.1, -0.05) is 6.07 Å². The molecule has 0 saturated heterocycles. The lowest BCUT2D eigenvalue weighted by molar-refractivity contribution is 0.0690. The van der Waals surface area contributed by atoms with Crippen molar-refractivity contribution >= 4 is 17.8 Å². The van der Waals surface area contributed by atoms with Crippen LogP contribution in [0.2, 0.25) is 0 Å². The molecule has 15 heavy (non-hydrogen) atoms. The summed E-state index contributed by atoms with van der Waals surface area (Å²) in [5, 5.41) is 13.6. The van der Waals surface area contributed by atoms with Gasteiger partial charge in [0.15, 0.2) is 5.69 Å². The molecule has 1 aromatic heterocycles. The van der Waals surface area contributed by atoms with E-state index in [1.807, 2.05) is 0 Å². The second-order valence-electron chi connectivity index (χ2n) is 2.70. The van der Waals surface area contributed by atoms with Crippen LogP contribution in [-0.2, 0) is 0 Å². The Morgan fingerprint density at radius 2 is 2.20 bits per heavy atom. The van der Waals surface area contributed by atoms with Gasteiger partial charge in [-0.05, 0) is 19.1 Å². The number of aromatic carboxylic acids is 1. The SMILES string of the molecule is CCNC(=O)Nc1cccc(C(=O)O)n1. The van der Waals surface area contributed by atoms with Gasteiger partial charge in [0.25, 0.3) is 0 Å². The van der Waals surface area contributed by atoms with Crippen LogP contribution in [0.5, 0.6) is 0 Å². The summed E-state index contributed by atoms with van der Waals surface area (Å²) < 4.78 is 0. The summed E-state index contributed by atoms with van der Waals surface area (Å²) in [6, 6.07) is 3.97. The molecule has 3 N–H and O–H groups in total. The Morgan fingerprint density at radius 1 is 1.47 bits per heavy atom. The van der Waals surface area contributed by atoms with Gasteiger partial charge in [0.2, 0.25) is 0 Å². The lowest BCUT2D eigenvalue weighted by Gasteiger charge is -2.04. The molecular weight excluding hydrogens is 198 g/mol. The number of anilines is 1. The molecule has 0 fully saturated rings. The van der Waals surface area contributed by atoms with E-state index in [1.54, 1.807) is 6.92 Å². The molecule has 0 spiro atoms. The Kier molecular flexibility index (Phi) is 3.61. The number of hydrogen-bond donors (Lipinski definition) is 3. The van der Waals surface area contributed by atoms with Gasteiger partial charge in [-0.2, -0.15) is 0 Å². The number of carbonyl (C=O) groups excluding carboxylic acids is 1. The summed E-state index contributed by atoms with van der Waals surface area (Å²) in [6.45, 7) is 2.27. The predicted octanol–water partition coefficient (Wildman–Crippen LogP) is 0.921. The van der Waals surface area contributed by atoms with E-state index in [2.05, 4.69) is 15.6 Å². The van der Waals surface area contributed by atoms with Crippen molar-refractivity contribution in [1.29, 1.82) is 0 Å². The largest absolute Gasteiger partial charge is 0.477 e. The Hall–Kier alpha value is -2.11. The highest BCUT2D eigenvalue weighted by molar-refractivity contribution is 5.90. The number of amides is 2. The third kappa shape index (κ3) is 3.26. The molecule has 0 saturated carbocycles. The number of carbonyl (C=O) groups is 2. The Bertz CT molecular complexity index is 379. The van der Waals surface area contributed by atoms with E-state index in [4.69, 9.17) is 5.11 Å². The molecule has 6 nitrogen and oxygen atoms in total. The molecule has 2 amide bonds. The molecule has 0 aliphatic rings. The molecule has 6 heteroatoms. The molecule has 1 aromatic rings. The normalized spacial score (nSPS) is 9.40. The molecule has 80 valence electrons. The zero-order valence-corrected chi connectivity index (χ0v) is 8.15. The van der Waals surface area contributed by atoms with Crippen molar-refractivity contribution in [2.45, 2.75) is 6.92 Å². The summed E-state index contributed by atoms with van der Waals surface area (Å²) in [5.41, 5.74) is -0.107. The number of nitrogens with one attached hydrogen (secondary N) is 2. The quantitative estimate of drug-likeness (QED) is 0.690. The maximum atomic E-state index is 11.1. The molecular formula is C9H11N3O3. The number of carboxylic acids is 1. The van der Waals surface area contributed by atoms with Crippen LogP contribution >= 0.6 is 0 Å². The summed E-state index contributed by atoms with van der Waals surface area (Å²) in [4.78, 5) is 25.4. The van der Waals surface area contributed by atoms with Gasteiger partial charge in [-0.3, -0.25) is 5.32 Å². The van der Waals surface area contributed by atoms with E-state index < -0.39 is 12.0 Å². The first-order valence-corrected chi connectivity index (χ1v) is 4.38. The zero-order chi connectivity index (χ0) is 11.3. The van der Waals surface area contributed by atoms with Gasteiger partial charge in [0, 0.05) is 6.54 Å². The number of rotatable bonds is 3. The lowest BCUT2D eigenvalue weighted by atomic mass is 10.3. The Morgan fingerprint density at radius 3 is 2.80 bits per heavy atom. The van der Waals surface area contributed by atoms with E-state index in [1.165, 1.54) is 18.2 Å². The minimum Gasteiger partial charge on any atom is -0.477 e. The smallest absolute Gasteiger partial charge is 0.354 e. The maximum Gasteiger partial charge on any atom is 0.354 e. The minimum absolute atomic E-state index is 0.107. The Labute approximate surface area is 86.3 Å². The highest BCUT2D eigenvalue weighted by atomic mass is 16.4. The summed E-state index contributed by atoms with van der Waals surface area (Å²) in [5.74, 6) is -0.921. The number of aromatic nitrogens is 1. The molecule has 0 aliphatic carbocycles. The standard InChI is InChI=1S/C9H11N3O3/c1-2-10-9(15)12-7-5-3-4-6(11-7)8(13)14/h3-5H,2H2,1H3,(H,13,14)(H2,10,11,12,15). The van der Waals surface area contributed by atoms with Gasteiger partial charge in [0.1, 0.15) is 5.82 Å². The summed E-state index contributed by atoms with van der Waals surface area (Å²) >= 11 is 0. The molecule has 1 heterocycles. The highest BCUT2D eigenvalue weighted by Gasteiger charge is 2.06. The third-order valence-electron chi connectivity index (χ3n) is 1.55. The van der Waals surface area contributed by atoms with Crippen molar-refractivity contribution in [1.82, 2.24) is 10.3 Å². The van der Waals surface area contributed by atoms with Crippen molar-refractivity contribution in [3.63, 3.8) is 0 Å². The van der Waals surface area contributed by atoms with Crippen molar-refractivity contribution in [2.75, 3.05) is 11.9 Å². The van der Waals surface area contributed by atoms with Crippen LogP contribution in [0.15, 0.2) is 18.2 Å². The average molecular weight is 209 g/mol. The fourth-order valence-electron chi connectivity index (χ4n) is 0.945. The topological polar surface area (TPSA) is 91.3 Å². The molecule has 0 atom stereocenters. The number of pyridine rings is 1. The maximum absolute atomic E-state index is 11.1. The minimum atomic E-state index is -1.13. The molecule has 0 unspecified atom stereocenters. The van der Waals surface area contributed by atoms with Crippen molar-refractivity contribution in [3.8, 4) is 0 Å². The van der Waals surface area contributed by atoms with Crippen LogP contribution < -0.4 is 10.6 Å². The van der Waals surface area contributed by atoms with Gasteiger partial charge in [-0.25, -0.2) is 14.6 Å². The fraction of sp³-hybridized carbons (Fsp3) is 0.222. The highest BCUT2D eigenvalue weighted by Crippen LogP contribution is 2.04. The fourth-order valence-corrected chi connectivity index (χ4v) is 0.945. The molecule has 1 rings (SSSR count). The van der Waals surface area contributed by atoms with E-state index in [9.17, 15) is 9.59 Å². The van der Waals surface area contributed by atoms with Gasteiger partial charge >= 0.3 is 12.0 Å². The van der Waals surface area contributed by atoms with Crippen LogP contribution in [0.1, 0.15) is 17.4 Å².